The molecule has 1 unspecified atom stereocenters. The van der Waals surface area contributed by atoms with Crippen molar-refractivity contribution in [2.24, 2.45) is 0 Å². The van der Waals surface area contributed by atoms with Crippen molar-refractivity contribution in [2.45, 2.75) is 46.2 Å². The summed E-state index contributed by atoms with van der Waals surface area (Å²) < 4.78 is 0. The zero-order valence-corrected chi connectivity index (χ0v) is 11.1. The molecule has 0 spiro atoms. The minimum atomic E-state index is -0.313. The molecule has 6 heteroatoms. The first-order chi connectivity index (χ1) is 7.28. The molecule has 0 bridgehead atoms. The lowest BCUT2D eigenvalue weighted by Gasteiger charge is -2.23. The van der Waals surface area contributed by atoms with E-state index in [9.17, 15) is 4.79 Å². The summed E-state index contributed by atoms with van der Waals surface area (Å²) in [5.74, 6) is -0.0413. The summed E-state index contributed by atoms with van der Waals surface area (Å²) in [4.78, 5) is 11.8. The number of anilines is 1. The Hall–Kier alpha value is -1.17. The van der Waals surface area contributed by atoms with Crippen molar-refractivity contribution in [1.29, 1.82) is 0 Å². The lowest BCUT2D eigenvalue weighted by atomic mass is 10.1. The fourth-order valence-electron chi connectivity index (χ4n) is 1.08. The summed E-state index contributed by atoms with van der Waals surface area (Å²) in [6, 6.07) is -0.313. The third-order valence-corrected chi connectivity index (χ3v) is 2.53. The molecule has 1 amide bonds. The van der Waals surface area contributed by atoms with Gasteiger partial charge in [0, 0.05) is 5.54 Å². The first-order valence-electron chi connectivity index (χ1n) is 5.16. The Morgan fingerprint density at radius 2 is 2.00 bits per heavy atom. The molecule has 2 N–H and O–H groups in total. The van der Waals surface area contributed by atoms with Crippen molar-refractivity contribution in [3.8, 4) is 0 Å². The molecule has 1 aromatic rings. The van der Waals surface area contributed by atoms with Crippen LogP contribution in [-0.4, -0.2) is 27.7 Å². The molecule has 0 aromatic carbocycles. The van der Waals surface area contributed by atoms with Gasteiger partial charge in [-0.3, -0.25) is 4.79 Å². The highest BCUT2D eigenvalue weighted by molar-refractivity contribution is 7.15. The molecule has 0 radical (unpaired) electrons. The molecule has 1 atom stereocenters. The van der Waals surface area contributed by atoms with Gasteiger partial charge in [0.15, 0.2) is 0 Å². The first-order valence-corrected chi connectivity index (χ1v) is 5.98. The van der Waals surface area contributed by atoms with Crippen LogP contribution in [0.3, 0.4) is 0 Å². The molecule has 1 heterocycles. The number of aromatic nitrogens is 2. The summed E-state index contributed by atoms with van der Waals surface area (Å²) in [6.07, 6.45) is 0. The van der Waals surface area contributed by atoms with E-state index in [1.165, 1.54) is 11.3 Å². The third kappa shape index (κ3) is 4.14. The molecular weight excluding hydrogens is 224 g/mol. The van der Waals surface area contributed by atoms with Gasteiger partial charge in [0.25, 0.3) is 0 Å². The average Bonchev–Trinajstić information content (AvgIpc) is 2.48. The van der Waals surface area contributed by atoms with Gasteiger partial charge in [0.1, 0.15) is 11.0 Å². The minimum absolute atomic E-state index is 0.0413. The van der Waals surface area contributed by atoms with Gasteiger partial charge < -0.3 is 10.6 Å². The predicted molar refractivity (Wildman–Crippen MR) is 65.6 cm³/mol. The fraction of sp³-hybridized carbons (Fsp3) is 0.700. The summed E-state index contributed by atoms with van der Waals surface area (Å²) in [6.45, 7) is 9.53. The molecule has 0 saturated carbocycles. The second-order valence-corrected chi connectivity index (χ2v) is 5.91. The van der Waals surface area contributed by atoms with E-state index in [2.05, 4.69) is 20.8 Å². The van der Waals surface area contributed by atoms with Crippen molar-refractivity contribution in [2.75, 3.05) is 5.32 Å². The van der Waals surface area contributed by atoms with E-state index in [0.29, 0.717) is 5.13 Å². The average molecular weight is 242 g/mol. The van der Waals surface area contributed by atoms with Crippen LogP contribution in [0.15, 0.2) is 0 Å². The molecule has 16 heavy (non-hydrogen) atoms. The van der Waals surface area contributed by atoms with Gasteiger partial charge in [-0.25, -0.2) is 0 Å². The van der Waals surface area contributed by atoms with Crippen LogP contribution < -0.4 is 10.6 Å². The Labute approximate surface area is 99.7 Å². The summed E-state index contributed by atoms with van der Waals surface area (Å²) in [7, 11) is 0. The van der Waals surface area contributed by atoms with Crippen LogP contribution in [0.25, 0.3) is 0 Å². The number of nitrogens with zero attached hydrogens (tertiary/aromatic N) is 2. The molecule has 1 aromatic heterocycles. The smallest absolute Gasteiger partial charge is 0.242 e. The van der Waals surface area contributed by atoms with Crippen molar-refractivity contribution < 1.29 is 4.79 Å². The van der Waals surface area contributed by atoms with Crippen LogP contribution >= 0.6 is 11.3 Å². The van der Waals surface area contributed by atoms with Crippen LogP contribution in [-0.2, 0) is 4.79 Å². The van der Waals surface area contributed by atoms with Crippen LogP contribution in [0.4, 0.5) is 5.13 Å². The monoisotopic (exact) mass is 242 g/mol. The molecule has 5 nitrogen and oxygen atoms in total. The van der Waals surface area contributed by atoms with E-state index in [1.807, 2.05) is 27.7 Å². The molecule has 1 rings (SSSR count). The topological polar surface area (TPSA) is 66.9 Å². The van der Waals surface area contributed by atoms with Gasteiger partial charge in [-0.15, -0.1) is 10.2 Å². The van der Waals surface area contributed by atoms with E-state index in [4.69, 9.17) is 0 Å². The van der Waals surface area contributed by atoms with Crippen LogP contribution in [0.2, 0.25) is 0 Å². The summed E-state index contributed by atoms with van der Waals surface area (Å²) >= 11 is 1.44. The minimum Gasteiger partial charge on any atom is -0.350 e. The van der Waals surface area contributed by atoms with Gasteiger partial charge >= 0.3 is 0 Å². The SMILES string of the molecule is Cc1nnc(NC(C)C(=O)NC(C)(C)C)s1. The standard InChI is InChI=1S/C10H18N4OS/c1-6(8(15)12-10(3,4)5)11-9-14-13-7(2)16-9/h6H,1-5H3,(H,11,14)(H,12,15). The Balaban J connectivity index is 2.52. The van der Waals surface area contributed by atoms with Gasteiger partial charge in [-0.1, -0.05) is 11.3 Å². The van der Waals surface area contributed by atoms with Crippen LogP contribution in [0, 0.1) is 6.92 Å². The number of hydrogen-bond acceptors (Lipinski definition) is 5. The number of aryl methyl sites for hydroxylation is 1. The van der Waals surface area contributed by atoms with Crippen molar-refractivity contribution in [3.63, 3.8) is 0 Å². The van der Waals surface area contributed by atoms with Crippen molar-refractivity contribution >= 4 is 22.4 Å². The highest BCUT2D eigenvalue weighted by Crippen LogP contribution is 2.14. The summed E-state index contributed by atoms with van der Waals surface area (Å²) in [5.41, 5.74) is -0.218. The van der Waals surface area contributed by atoms with E-state index < -0.39 is 0 Å². The van der Waals surface area contributed by atoms with Crippen LogP contribution in [0.1, 0.15) is 32.7 Å². The summed E-state index contributed by atoms with van der Waals surface area (Å²) in [5, 5.41) is 15.3. The highest BCUT2D eigenvalue weighted by Gasteiger charge is 2.19. The van der Waals surface area contributed by atoms with E-state index >= 15 is 0 Å². The molecule has 0 fully saturated rings. The number of amides is 1. The van der Waals surface area contributed by atoms with Gasteiger partial charge in [-0.05, 0) is 34.6 Å². The molecule has 90 valence electrons. The van der Waals surface area contributed by atoms with Crippen molar-refractivity contribution in [1.82, 2.24) is 15.5 Å². The maximum absolute atomic E-state index is 11.8. The maximum atomic E-state index is 11.8. The molecule has 0 aliphatic rings. The van der Waals surface area contributed by atoms with Crippen molar-refractivity contribution in [3.05, 3.63) is 5.01 Å². The molecule has 0 aliphatic heterocycles. The number of rotatable bonds is 3. The van der Waals surface area contributed by atoms with Gasteiger partial charge in [-0.2, -0.15) is 0 Å². The normalized spacial score (nSPS) is 13.3. The number of carbonyl (C=O) groups is 1. The highest BCUT2D eigenvalue weighted by atomic mass is 32.1. The molecule has 0 aliphatic carbocycles. The fourth-order valence-corrected chi connectivity index (χ4v) is 1.76. The number of carbonyl (C=O) groups excluding carboxylic acids is 1. The molecular formula is C10H18N4OS. The van der Waals surface area contributed by atoms with Gasteiger partial charge in [0.05, 0.1) is 0 Å². The Morgan fingerprint density at radius 1 is 1.38 bits per heavy atom. The van der Waals surface area contributed by atoms with Crippen LogP contribution in [0.5, 0.6) is 0 Å². The first kappa shape index (κ1) is 12.9. The zero-order chi connectivity index (χ0) is 12.3. The third-order valence-electron chi connectivity index (χ3n) is 1.76. The second kappa shape index (κ2) is 4.78. The van der Waals surface area contributed by atoms with E-state index in [0.717, 1.165) is 5.01 Å². The van der Waals surface area contributed by atoms with E-state index in [1.54, 1.807) is 6.92 Å². The maximum Gasteiger partial charge on any atom is 0.242 e. The second-order valence-electron chi connectivity index (χ2n) is 4.73. The Morgan fingerprint density at radius 3 is 2.44 bits per heavy atom. The largest absolute Gasteiger partial charge is 0.350 e. The van der Waals surface area contributed by atoms with E-state index in [-0.39, 0.29) is 17.5 Å². The Kier molecular flexibility index (Phi) is 3.85. The zero-order valence-electron chi connectivity index (χ0n) is 10.3. The lowest BCUT2D eigenvalue weighted by Crippen LogP contribution is -2.47. The lowest BCUT2D eigenvalue weighted by molar-refractivity contribution is -0.122. The number of hydrogen-bond donors (Lipinski definition) is 2. The molecule has 0 saturated heterocycles. The predicted octanol–water partition coefficient (Wildman–Crippen LogP) is 1.56. The number of nitrogens with one attached hydrogen (secondary N) is 2. The van der Waals surface area contributed by atoms with Gasteiger partial charge in [0.2, 0.25) is 11.0 Å². The Bertz CT molecular complexity index is 369. The quantitative estimate of drug-likeness (QED) is 0.844.